The Morgan fingerprint density at radius 2 is 2.28 bits per heavy atom. The van der Waals surface area contributed by atoms with Gasteiger partial charge in [0.1, 0.15) is 0 Å². The van der Waals surface area contributed by atoms with Gasteiger partial charge in [-0.05, 0) is 19.3 Å². The molecule has 0 saturated heterocycles. The molecule has 6 heteroatoms. The van der Waals surface area contributed by atoms with Gasteiger partial charge in [0.15, 0.2) is 0 Å². The Bertz CT molecular complexity index is 416. The minimum absolute atomic E-state index is 0.0152. The van der Waals surface area contributed by atoms with Crippen molar-refractivity contribution in [1.29, 1.82) is 0 Å². The first-order valence-corrected chi connectivity index (χ1v) is 6.13. The predicted octanol–water partition coefficient (Wildman–Crippen LogP) is 0.643. The first kappa shape index (κ1) is 12.6. The van der Waals surface area contributed by atoms with Gasteiger partial charge in [0, 0.05) is 31.4 Å². The molecular formula is C12H17N3O3. The van der Waals surface area contributed by atoms with Crippen LogP contribution in [0.3, 0.4) is 0 Å². The van der Waals surface area contributed by atoms with Gasteiger partial charge in [0.05, 0.1) is 12.2 Å². The van der Waals surface area contributed by atoms with E-state index in [1.165, 1.54) is 0 Å². The highest BCUT2D eigenvalue weighted by atomic mass is 16.4. The highest BCUT2D eigenvalue weighted by Gasteiger charge is 2.30. The van der Waals surface area contributed by atoms with Crippen molar-refractivity contribution in [3.63, 3.8) is 0 Å². The van der Waals surface area contributed by atoms with Crippen molar-refractivity contribution in [2.75, 3.05) is 0 Å². The van der Waals surface area contributed by atoms with Crippen LogP contribution < -0.4 is 5.32 Å². The molecule has 0 aliphatic heterocycles. The normalized spacial score (nSPS) is 22.9. The van der Waals surface area contributed by atoms with Gasteiger partial charge < -0.3 is 15.0 Å². The maximum atomic E-state index is 11.7. The average molecular weight is 251 g/mol. The standard InChI is InChI=1S/C12H17N3O3/c16-11(3-5-15-6-4-13-8-15)14-10-2-1-9(7-10)12(17)18/h4,6,8-10H,1-3,5,7H2,(H,14,16)(H,17,18). The topological polar surface area (TPSA) is 84.2 Å². The molecule has 1 aliphatic rings. The molecule has 0 radical (unpaired) electrons. The zero-order valence-electron chi connectivity index (χ0n) is 10.1. The Labute approximate surface area is 105 Å². The zero-order valence-corrected chi connectivity index (χ0v) is 10.1. The SMILES string of the molecule is O=C(CCn1ccnc1)NC1CCC(C(=O)O)C1. The molecule has 18 heavy (non-hydrogen) atoms. The molecular weight excluding hydrogens is 234 g/mol. The van der Waals surface area contributed by atoms with Crippen LogP contribution in [0.15, 0.2) is 18.7 Å². The number of carbonyl (C=O) groups excluding carboxylic acids is 1. The average Bonchev–Trinajstić information content (AvgIpc) is 2.96. The van der Waals surface area contributed by atoms with E-state index in [0.717, 1.165) is 6.42 Å². The summed E-state index contributed by atoms with van der Waals surface area (Å²) in [6, 6.07) is 0.0152. The van der Waals surface area contributed by atoms with E-state index in [1.54, 1.807) is 12.5 Å². The van der Waals surface area contributed by atoms with E-state index in [0.29, 0.717) is 25.8 Å². The minimum atomic E-state index is -0.759. The number of carbonyl (C=O) groups is 2. The van der Waals surface area contributed by atoms with Crippen LogP contribution in [0.5, 0.6) is 0 Å². The number of rotatable bonds is 5. The summed E-state index contributed by atoms with van der Waals surface area (Å²) >= 11 is 0. The number of aromatic nitrogens is 2. The lowest BCUT2D eigenvalue weighted by Gasteiger charge is -2.12. The summed E-state index contributed by atoms with van der Waals surface area (Å²) in [6.45, 7) is 0.598. The highest BCUT2D eigenvalue weighted by molar-refractivity contribution is 5.76. The fourth-order valence-corrected chi connectivity index (χ4v) is 2.29. The van der Waals surface area contributed by atoms with Crippen LogP contribution in [0.25, 0.3) is 0 Å². The minimum Gasteiger partial charge on any atom is -0.481 e. The van der Waals surface area contributed by atoms with Crippen molar-refractivity contribution >= 4 is 11.9 Å². The first-order valence-electron chi connectivity index (χ1n) is 6.13. The van der Waals surface area contributed by atoms with Gasteiger partial charge in [-0.25, -0.2) is 4.98 Å². The Hall–Kier alpha value is -1.85. The second-order valence-electron chi connectivity index (χ2n) is 4.66. The molecule has 1 aliphatic carbocycles. The molecule has 0 spiro atoms. The molecule has 0 bridgehead atoms. The third-order valence-corrected chi connectivity index (χ3v) is 3.30. The quantitative estimate of drug-likeness (QED) is 0.804. The number of carboxylic acids is 1. The Morgan fingerprint density at radius 3 is 2.89 bits per heavy atom. The number of nitrogens with zero attached hydrogens (tertiary/aromatic N) is 2. The van der Waals surface area contributed by atoms with Gasteiger partial charge >= 0.3 is 5.97 Å². The lowest BCUT2D eigenvalue weighted by atomic mass is 10.1. The fourth-order valence-electron chi connectivity index (χ4n) is 2.29. The Kier molecular flexibility index (Phi) is 3.96. The summed E-state index contributed by atoms with van der Waals surface area (Å²) in [5, 5.41) is 11.8. The van der Waals surface area contributed by atoms with E-state index in [4.69, 9.17) is 5.11 Å². The summed E-state index contributed by atoms with van der Waals surface area (Å²) in [7, 11) is 0. The van der Waals surface area contributed by atoms with E-state index < -0.39 is 5.97 Å². The molecule has 2 N–H and O–H groups in total. The molecule has 98 valence electrons. The smallest absolute Gasteiger partial charge is 0.306 e. The number of imidazole rings is 1. The molecule has 1 heterocycles. The summed E-state index contributed by atoms with van der Waals surface area (Å²) in [4.78, 5) is 26.4. The molecule has 6 nitrogen and oxygen atoms in total. The lowest BCUT2D eigenvalue weighted by molar-refractivity contribution is -0.141. The van der Waals surface area contributed by atoms with Gasteiger partial charge in [0.2, 0.25) is 5.91 Å². The van der Waals surface area contributed by atoms with E-state index in [2.05, 4.69) is 10.3 Å². The maximum Gasteiger partial charge on any atom is 0.306 e. The molecule has 2 unspecified atom stereocenters. The summed E-state index contributed by atoms with van der Waals surface area (Å²) in [5.41, 5.74) is 0. The summed E-state index contributed by atoms with van der Waals surface area (Å²) < 4.78 is 1.84. The third kappa shape index (κ3) is 3.32. The van der Waals surface area contributed by atoms with E-state index in [9.17, 15) is 9.59 Å². The second kappa shape index (κ2) is 5.66. The summed E-state index contributed by atoms with van der Waals surface area (Å²) in [5.74, 6) is -1.09. The monoisotopic (exact) mass is 251 g/mol. The second-order valence-corrected chi connectivity index (χ2v) is 4.66. The van der Waals surface area contributed by atoms with Crippen molar-refractivity contribution < 1.29 is 14.7 Å². The lowest BCUT2D eigenvalue weighted by Crippen LogP contribution is -2.33. The zero-order chi connectivity index (χ0) is 13.0. The van der Waals surface area contributed by atoms with E-state index >= 15 is 0 Å². The maximum absolute atomic E-state index is 11.7. The third-order valence-electron chi connectivity index (χ3n) is 3.30. The van der Waals surface area contributed by atoms with Gasteiger partial charge in [0.25, 0.3) is 0 Å². The number of amides is 1. The number of aliphatic carboxylic acids is 1. The molecule has 0 aromatic carbocycles. The number of nitrogens with one attached hydrogen (secondary N) is 1. The molecule has 2 atom stereocenters. The van der Waals surface area contributed by atoms with E-state index in [-0.39, 0.29) is 17.9 Å². The Balaban J connectivity index is 1.70. The van der Waals surface area contributed by atoms with Crippen LogP contribution >= 0.6 is 0 Å². The number of aryl methyl sites for hydroxylation is 1. The van der Waals surface area contributed by atoms with Crippen molar-refractivity contribution in [3.8, 4) is 0 Å². The number of hydrogen-bond donors (Lipinski definition) is 2. The van der Waals surface area contributed by atoms with Crippen molar-refractivity contribution in [2.45, 2.75) is 38.3 Å². The van der Waals surface area contributed by atoms with Gasteiger partial charge in [-0.2, -0.15) is 0 Å². The Morgan fingerprint density at radius 1 is 1.44 bits per heavy atom. The fraction of sp³-hybridized carbons (Fsp3) is 0.583. The molecule has 1 amide bonds. The van der Waals surface area contributed by atoms with Crippen LogP contribution in [-0.2, 0) is 16.1 Å². The van der Waals surface area contributed by atoms with Crippen molar-refractivity contribution in [1.82, 2.24) is 14.9 Å². The molecule has 1 saturated carbocycles. The van der Waals surface area contributed by atoms with Gasteiger partial charge in [-0.15, -0.1) is 0 Å². The van der Waals surface area contributed by atoms with Crippen molar-refractivity contribution in [2.24, 2.45) is 5.92 Å². The van der Waals surface area contributed by atoms with Crippen molar-refractivity contribution in [3.05, 3.63) is 18.7 Å². The molecule has 2 rings (SSSR count). The molecule has 1 fully saturated rings. The van der Waals surface area contributed by atoms with Crippen LogP contribution in [0.4, 0.5) is 0 Å². The summed E-state index contributed by atoms with van der Waals surface area (Å²) in [6.07, 6.45) is 7.51. The molecule has 1 aromatic heterocycles. The van der Waals surface area contributed by atoms with Crippen LogP contribution in [-0.4, -0.2) is 32.6 Å². The van der Waals surface area contributed by atoms with Gasteiger partial charge in [-0.3, -0.25) is 9.59 Å². The van der Waals surface area contributed by atoms with Gasteiger partial charge in [-0.1, -0.05) is 0 Å². The van der Waals surface area contributed by atoms with E-state index in [1.807, 2.05) is 10.8 Å². The van der Waals surface area contributed by atoms with Crippen LogP contribution in [0.2, 0.25) is 0 Å². The largest absolute Gasteiger partial charge is 0.481 e. The van der Waals surface area contributed by atoms with Crippen LogP contribution in [0, 0.1) is 5.92 Å². The number of carboxylic acid groups (broad SMARTS) is 1. The highest BCUT2D eigenvalue weighted by Crippen LogP contribution is 2.25. The van der Waals surface area contributed by atoms with Crippen LogP contribution in [0.1, 0.15) is 25.7 Å². The molecule has 1 aromatic rings. The first-order chi connectivity index (χ1) is 8.65. The number of hydrogen-bond acceptors (Lipinski definition) is 3. The predicted molar refractivity (Wildman–Crippen MR) is 63.8 cm³/mol.